The number of benzene rings is 2. The van der Waals surface area contributed by atoms with Gasteiger partial charge in [0.25, 0.3) is 0 Å². The fourth-order valence-electron chi connectivity index (χ4n) is 5.42. The van der Waals surface area contributed by atoms with Gasteiger partial charge in [-0.1, -0.05) is 49.6 Å². The number of rotatable bonds is 12. The summed E-state index contributed by atoms with van der Waals surface area (Å²) in [5, 5.41) is 6.03. The number of pyridine rings is 1. The van der Waals surface area contributed by atoms with Gasteiger partial charge in [-0.2, -0.15) is 0 Å². The van der Waals surface area contributed by atoms with Crippen LogP contribution in [0.15, 0.2) is 66.9 Å². The normalized spacial score (nSPS) is 14.1. The molecule has 2 N–H and O–H groups in total. The summed E-state index contributed by atoms with van der Waals surface area (Å²) in [6.45, 7) is 6.38. The lowest BCUT2D eigenvalue weighted by Crippen LogP contribution is -2.47. The van der Waals surface area contributed by atoms with E-state index in [0.29, 0.717) is 35.8 Å². The molecular weight excluding hydrogens is 528 g/mol. The first kappa shape index (κ1) is 30.8. The Morgan fingerprint density at radius 2 is 1.74 bits per heavy atom. The molecule has 1 aliphatic carbocycles. The SMILES string of the molecule is CCOc1ccc([C@H](C(=O)NC2CCCCC2)N(C(=O)CCCC(=O)Nc2ccccn2)c2cc(C)ccc2C)cc1. The molecule has 4 rings (SSSR count). The molecule has 0 spiro atoms. The van der Waals surface area contributed by atoms with Gasteiger partial charge in [0.1, 0.15) is 17.6 Å². The number of ether oxygens (including phenoxy) is 1. The second-order valence-electron chi connectivity index (χ2n) is 10.9. The Morgan fingerprint density at radius 3 is 2.43 bits per heavy atom. The molecule has 1 fully saturated rings. The van der Waals surface area contributed by atoms with E-state index in [1.54, 1.807) is 29.3 Å². The third kappa shape index (κ3) is 8.41. The topological polar surface area (TPSA) is 101 Å². The van der Waals surface area contributed by atoms with Crippen molar-refractivity contribution in [2.45, 2.75) is 84.2 Å². The molecule has 1 atom stereocenters. The van der Waals surface area contributed by atoms with Crippen molar-refractivity contribution in [1.82, 2.24) is 10.3 Å². The van der Waals surface area contributed by atoms with Crippen LogP contribution in [0.5, 0.6) is 5.75 Å². The van der Waals surface area contributed by atoms with Crippen molar-refractivity contribution in [2.24, 2.45) is 0 Å². The molecule has 42 heavy (non-hydrogen) atoms. The highest BCUT2D eigenvalue weighted by Gasteiger charge is 2.34. The van der Waals surface area contributed by atoms with Crippen molar-refractivity contribution in [3.05, 3.63) is 83.6 Å². The van der Waals surface area contributed by atoms with Crippen LogP contribution < -0.4 is 20.3 Å². The van der Waals surface area contributed by atoms with E-state index < -0.39 is 6.04 Å². The van der Waals surface area contributed by atoms with Crippen molar-refractivity contribution < 1.29 is 19.1 Å². The van der Waals surface area contributed by atoms with Gasteiger partial charge in [-0.3, -0.25) is 19.3 Å². The highest BCUT2D eigenvalue weighted by atomic mass is 16.5. The zero-order valence-electron chi connectivity index (χ0n) is 24.9. The highest BCUT2D eigenvalue weighted by Crippen LogP contribution is 2.33. The standard InChI is InChI=1S/C34H42N4O4/c1-4-42-28-20-18-26(19-21-28)33(34(41)36-27-11-6-5-7-12-27)38(29-23-24(2)16-17-25(29)3)32(40)15-10-14-31(39)37-30-13-8-9-22-35-30/h8-9,13,16-23,27,33H,4-7,10-12,14-15H2,1-3H3,(H,36,41)(H,35,37,39)/t33-/m1/s1. The molecule has 3 amide bonds. The van der Waals surface area contributed by atoms with Crippen LogP contribution in [-0.2, 0) is 14.4 Å². The van der Waals surface area contributed by atoms with Crippen LogP contribution in [0, 0.1) is 13.8 Å². The predicted molar refractivity (Wildman–Crippen MR) is 165 cm³/mol. The maximum atomic E-state index is 14.1. The third-order valence-corrected chi connectivity index (χ3v) is 7.58. The lowest BCUT2D eigenvalue weighted by molar-refractivity contribution is -0.127. The number of carbonyl (C=O) groups is 3. The minimum absolute atomic E-state index is 0.0855. The van der Waals surface area contributed by atoms with Crippen LogP contribution in [0.1, 0.15) is 81.0 Å². The summed E-state index contributed by atoms with van der Waals surface area (Å²) in [7, 11) is 0. The van der Waals surface area contributed by atoms with Crippen LogP contribution in [0.25, 0.3) is 0 Å². The molecule has 2 aromatic carbocycles. The summed E-state index contributed by atoms with van der Waals surface area (Å²) < 4.78 is 5.64. The van der Waals surface area contributed by atoms with Crippen molar-refractivity contribution in [3.8, 4) is 5.75 Å². The molecule has 0 unspecified atom stereocenters. The van der Waals surface area contributed by atoms with E-state index in [0.717, 1.165) is 36.8 Å². The smallest absolute Gasteiger partial charge is 0.248 e. The predicted octanol–water partition coefficient (Wildman–Crippen LogP) is 6.43. The Labute approximate surface area is 248 Å². The molecule has 0 bridgehead atoms. The molecule has 222 valence electrons. The van der Waals surface area contributed by atoms with E-state index in [1.807, 2.05) is 63.2 Å². The fraction of sp³-hybridized carbons (Fsp3) is 0.412. The van der Waals surface area contributed by atoms with Gasteiger partial charge in [0.05, 0.1) is 6.61 Å². The van der Waals surface area contributed by atoms with Gasteiger partial charge < -0.3 is 15.4 Å². The van der Waals surface area contributed by atoms with E-state index in [9.17, 15) is 14.4 Å². The number of carbonyl (C=O) groups excluding carboxylic acids is 3. The van der Waals surface area contributed by atoms with Crippen LogP contribution in [-0.4, -0.2) is 35.4 Å². The Balaban J connectivity index is 1.63. The number of nitrogens with zero attached hydrogens (tertiary/aromatic N) is 2. The second kappa shape index (κ2) is 15.1. The zero-order chi connectivity index (χ0) is 29.9. The molecule has 8 heteroatoms. The minimum atomic E-state index is -0.877. The van der Waals surface area contributed by atoms with Crippen molar-refractivity contribution in [1.29, 1.82) is 0 Å². The Kier molecular flexibility index (Phi) is 11.1. The van der Waals surface area contributed by atoms with E-state index in [1.165, 1.54) is 6.42 Å². The summed E-state index contributed by atoms with van der Waals surface area (Å²) in [5.74, 6) is 0.551. The van der Waals surface area contributed by atoms with E-state index in [4.69, 9.17) is 4.74 Å². The number of aryl methyl sites for hydroxylation is 2. The first-order valence-electron chi connectivity index (χ1n) is 15.0. The molecule has 1 aliphatic rings. The Bertz CT molecular complexity index is 1340. The summed E-state index contributed by atoms with van der Waals surface area (Å²) in [6, 6.07) is 17.8. The molecule has 0 saturated heterocycles. The lowest BCUT2D eigenvalue weighted by Gasteiger charge is -2.34. The van der Waals surface area contributed by atoms with Gasteiger partial charge in [-0.15, -0.1) is 0 Å². The zero-order valence-corrected chi connectivity index (χ0v) is 24.9. The first-order chi connectivity index (χ1) is 20.4. The van der Waals surface area contributed by atoms with Gasteiger partial charge >= 0.3 is 0 Å². The van der Waals surface area contributed by atoms with Crippen LogP contribution in [0.3, 0.4) is 0 Å². The molecule has 1 aromatic heterocycles. The molecule has 0 aliphatic heterocycles. The van der Waals surface area contributed by atoms with E-state index in [2.05, 4.69) is 15.6 Å². The second-order valence-corrected chi connectivity index (χ2v) is 10.9. The number of hydrogen-bond acceptors (Lipinski definition) is 5. The maximum absolute atomic E-state index is 14.1. The Morgan fingerprint density at radius 1 is 0.976 bits per heavy atom. The summed E-state index contributed by atoms with van der Waals surface area (Å²) in [6.07, 6.45) is 7.42. The molecular formula is C34H42N4O4. The van der Waals surface area contributed by atoms with Crippen LogP contribution >= 0.6 is 0 Å². The van der Waals surface area contributed by atoms with Crippen molar-refractivity contribution in [3.63, 3.8) is 0 Å². The average molecular weight is 571 g/mol. The number of aromatic nitrogens is 1. The van der Waals surface area contributed by atoms with Gasteiger partial charge in [-0.05, 0) is 87.1 Å². The largest absolute Gasteiger partial charge is 0.494 e. The number of anilines is 2. The number of nitrogens with one attached hydrogen (secondary N) is 2. The van der Waals surface area contributed by atoms with E-state index >= 15 is 0 Å². The van der Waals surface area contributed by atoms with Gasteiger partial charge in [0.15, 0.2) is 0 Å². The van der Waals surface area contributed by atoms with Crippen LogP contribution in [0.4, 0.5) is 11.5 Å². The van der Waals surface area contributed by atoms with Crippen molar-refractivity contribution in [2.75, 3.05) is 16.8 Å². The average Bonchev–Trinajstić information content (AvgIpc) is 2.99. The highest BCUT2D eigenvalue weighted by molar-refractivity contribution is 6.02. The summed E-state index contributed by atoms with van der Waals surface area (Å²) in [5.41, 5.74) is 3.27. The molecule has 0 radical (unpaired) electrons. The Hall–Kier alpha value is -4.20. The van der Waals surface area contributed by atoms with Gasteiger partial charge in [0.2, 0.25) is 17.7 Å². The van der Waals surface area contributed by atoms with Crippen LogP contribution in [0.2, 0.25) is 0 Å². The fourth-order valence-corrected chi connectivity index (χ4v) is 5.42. The first-order valence-corrected chi connectivity index (χ1v) is 15.0. The van der Waals surface area contributed by atoms with Gasteiger partial charge in [0, 0.05) is 30.8 Å². The summed E-state index contributed by atoms with van der Waals surface area (Å²) in [4.78, 5) is 46.5. The molecule has 3 aromatic rings. The van der Waals surface area contributed by atoms with E-state index in [-0.39, 0.29) is 36.6 Å². The molecule has 1 saturated carbocycles. The quantitative estimate of drug-likeness (QED) is 0.261. The maximum Gasteiger partial charge on any atom is 0.248 e. The van der Waals surface area contributed by atoms with Gasteiger partial charge in [-0.25, -0.2) is 4.98 Å². The molecule has 8 nitrogen and oxygen atoms in total. The monoisotopic (exact) mass is 570 g/mol. The third-order valence-electron chi connectivity index (χ3n) is 7.58. The summed E-state index contributed by atoms with van der Waals surface area (Å²) >= 11 is 0. The lowest BCUT2D eigenvalue weighted by atomic mass is 9.94. The molecule has 1 heterocycles. The van der Waals surface area contributed by atoms with Crippen molar-refractivity contribution >= 4 is 29.2 Å². The minimum Gasteiger partial charge on any atom is -0.494 e. The number of hydrogen-bond donors (Lipinski definition) is 2. The number of amides is 3.